The van der Waals surface area contributed by atoms with Crippen molar-refractivity contribution in [3.63, 3.8) is 0 Å². The third-order valence-corrected chi connectivity index (χ3v) is 3.76. The topological polar surface area (TPSA) is 20.2 Å². The third kappa shape index (κ3) is 1.12. The van der Waals surface area contributed by atoms with E-state index in [2.05, 4.69) is 12.1 Å². The molecule has 2 aliphatic rings. The molecule has 1 unspecified atom stereocenters. The molecular formula is C13H16O. The zero-order valence-corrected chi connectivity index (χ0v) is 8.42. The minimum absolute atomic E-state index is 0.199. The summed E-state index contributed by atoms with van der Waals surface area (Å²) in [6.07, 6.45) is 6.54. The van der Waals surface area contributed by atoms with Crippen LogP contribution in [0.15, 0.2) is 12.1 Å². The molecule has 1 aromatic carbocycles. The number of aliphatic hydroxyl groups is 1. The minimum Gasteiger partial charge on any atom is -0.392 e. The monoisotopic (exact) mass is 188 g/mol. The first-order valence-electron chi connectivity index (χ1n) is 5.64. The maximum Gasteiger partial charge on any atom is 0.0682 e. The van der Waals surface area contributed by atoms with Crippen LogP contribution in [-0.2, 0) is 19.4 Å². The Morgan fingerprint density at radius 1 is 1.14 bits per heavy atom. The van der Waals surface area contributed by atoms with Crippen molar-refractivity contribution in [2.75, 3.05) is 0 Å². The Labute approximate surface area is 84.8 Å². The molecule has 0 spiro atoms. The van der Waals surface area contributed by atoms with Crippen molar-refractivity contribution < 1.29 is 5.11 Å². The Morgan fingerprint density at radius 2 is 1.93 bits per heavy atom. The first-order valence-corrected chi connectivity index (χ1v) is 5.64. The summed E-state index contributed by atoms with van der Waals surface area (Å²) in [6.45, 7) is 0.199. The predicted octanol–water partition coefficient (Wildman–Crippen LogP) is 2.55. The van der Waals surface area contributed by atoms with E-state index in [-0.39, 0.29) is 6.61 Å². The quantitative estimate of drug-likeness (QED) is 0.718. The van der Waals surface area contributed by atoms with Gasteiger partial charge in [0, 0.05) is 0 Å². The van der Waals surface area contributed by atoms with Crippen LogP contribution in [0.5, 0.6) is 0 Å². The summed E-state index contributed by atoms with van der Waals surface area (Å²) in [6, 6.07) is 4.43. The van der Waals surface area contributed by atoms with Gasteiger partial charge in [-0.1, -0.05) is 12.1 Å². The molecule has 2 aliphatic carbocycles. The number of aliphatic hydroxyl groups excluding tert-OH is 1. The van der Waals surface area contributed by atoms with Crippen molar-refractivity contribution in [2.45, 2.75) is 44.6 Å². The van der Waals surface area contributed by atoms with Gasteiger partial charge in [-0.2, -0.15) is 0 Å². The van der Waals surface area contributed by atoms with Gasteiger partial charge in [-0.05, 0) is 60.3 Å². The van der Waals surface area contributed by atoms with Gasteiger partial charge in [0.25, 0.3) is 0 Å². The van der Waals surface area contributed by atoms with Crippen LogP contribution in [-0.4, -0.2) is 5.11 Å². The van der Waals surface area contributed by atoms with Crippen molar-refractivity contribution in [2.24, 2.45) is 0 Å². The van der Waals surface area contributed by atoms with Gasteiger partial charge < -0.3 is 5.11 Å². The van der Waals surface area contributed by atoms with Gasteiger partial charge in [0.15, 0.2) is 0 Å². The molecule has 0 aromatic heterocycles. The standard InChI is InChI=1S/C13H16O/c14-8-9-6-11-3-1-2-10-4-5-12(7-9)13(10)11/h6-7,10,14H,1-5,8H2. The molecule has 74 valence electrons. The maximum atomic E-state index is 9.17. The van der Waals surface area contributed by atoms with E-state index in [9.17, 15) is 5.11 Å². The highest BCUT2D eigenvalue weighted by Crippen LogP contribution is 2.42. The highest BCUT2D eigenvalue weighted by Gasteiger charge is 2.28. The third-order valence-electron chi connectivity index (χ3n) is 3.76. The summed E-state index contributed by atoms with van der Waals surface area (Å²) in [5, 5.41) is 9.17. The van der Waals surface area contributed by atoms with E-state index in [0.29, 0.717) is 0 Å². The fourth-order valence-corrected chi connectivity index (χ4v) is 3.18. The van der Waals surface area contributed by atoms with E-state index in [0.717, 1.165) is 11.5 Å². The zero-order chi connectivity index (χ0) is 9.54. The molecule has 0 saturated heterocycles. The van der Waals surface area contributed by atoms with Gasteiger partial charge in [0.2, 0.25) is 0 Å². The lowest BCUT2D eigenvalue weighted by Gasteiger charge is -2.22. The SMILES string of the molecule is OCc1cc2c3c(c1)CCC3CCC2. The fourth-order valence-electron chi connectivity index (χ4n) is 3.18. The number of rotatable bonds is 1. The second kappa shape index (κ2) is 3.09. The number of aryl methyl sites for hydroxylation is 2. The van der Waals surface area contributed by atoms with Crippen LogP contribution in [0.1, 0.15) is 47.4 Å². The molecule has 1 aromatic rings. The average molecular weight is 188 g/mol. The van der Waals surface area contributed by atoms with E-state index in [4.69, 9.17) is 0 Å². The Balaban J connectivity index is 2.16. The summed E-state index contributed by atoms with van der Waals surface area (Å²) in [7, 11) is 0. The smallest absolute Gasteiger partial charge is 0.0682 e. The Bertz CT molecular complexity index is 368. The molecule has 1 N–H and O–H groups in total. The van der Waals surface area contributed by atoms with Gasteiger partial charge in [0.05, 0.1) is 6.61 Å². The maximum absolute atomic E-state index is 9.17. The Morgan fingerprint density at radius 3 is 2.71 bits per heavy atom. The summed E-state index contributed by atoms with van der Waals surface area (Å²) >= 11 is 0. The summed E-state index contributed by atoms with van der Waals surface area (Å²) in [4.78, 5) is 0. The van der Waals surface area contributed by atoms with E-state index in [1.807, 2.05) is 0 Å². The van der Waals surface area contributed by atoms with E-state index in [1.54, 1.807) is 5.56 Å². The summed E-state index contributed by atoms with van der Waals surface area (Å²) < 4.78 is 0. The summed E-state index contributed by atoms with van der Waals surface area (Å²) in [5.41, 5.74) is 5.81. The molecule has 1 heteroatoms. The summed E-state index contributed by atoms with van der Waals surface area (Å²) in [5.74, 6) is 0.849. The van der Waals surface area contributed by atoms with Crippen LogP contribution in [0.2, 0.25) is 0 Å². The molecular weight excluding hydrogens is 172 g/mol. The lowest BCUT2D eigenvalue weighted by Crippen LogP contribution is -2.07. The molecule has 0 fully saturated rings. The van der Waals surface area contributed by atoms with Crippen LogP contribution >= 0.6 is 0 Å². The van der Waals surface area contributed by atoms with Crippen LogP contribution in [0, 0.1) is 0 Å². The van der Waals surface area contributed by atoms with Gasteiger partial charge in [-0.15, -0.1) is 0 Å². The molecule has 0 heterocycles. The van der Waals surface area contributed by atoms with Crippen molar-refractivity contribution in [1.82, 2.24) is 0 Å². The molecule has 0 saturated carbocycles. The van der Waals surface area contributed by atoms with Gasteiger partial charge in [-0.25, -0.2) is 0 Å². The predicted molar refractivity (Wildman–Crippen MR) is 56.4 cm³/mol. The van der Waals surface area contributed by atoms with Crippen molar-refractivity contribution in [3.05, 3.63) is 34.4 Å². The fraction of sp³-hybridized carbons (Fsp3) is 0.538. The number of hydrogen-bond donors (Lipinski definition) is 1. The van der Waals surface area contributed by atoms with Crippen LogP contribution in [0.3, 0.4) is 0 Å². The highest BCUT2D eigenvalue weighted by atomic mass is 16.3. The molecule has 0 aliphatic heterocycles. The van der Waals surface area contributed by atoms with E-state index >= 15 is 0 Å². The largest absolute Gasteiger partial charge is 0.392 e. The second-order valence-corrected chi connectivity index (χ2v) is 4.61. The lowest BCUT2D eigenvalue weighted by molar-refractivity contribution is 0.281. The second-order valence-electron chi connectivity index (χ2n) is 4.61. The van der Waals surface area contributed by atoms with Crippen molar-refractivity contribution in [3.8, 4) is 0 Å². The van der Waals surface area contributed by atoms with Crippen LogP contribution in [0.4, 0.5) is 0 Å². The molecule has 1 nitrogen and oxygen atoms in total. The number of hydrogen-bond acceptors (Lipinski definition) is 1. The van der Waals surface area contributed by atoms with Crippen molar-refractivity contribution in [1.29, 1.82) is 0 Å². The normalized spacial score (nSPS) is 23.6. The molecule has 14 heavy (non-hydrogen) atoms. The highest BCUT2D eigenvalue weighted by molar-refractivity contribution is 5.45. The zero-order valence-electron chi connectivity index (χ0n) is 8.42. The van der Waals surface area contributed by atoms with Crippen molar-refractivity contribution >= 4 is 0 Å². The van der Waals surface area contributed by atoms with Gasteiger partial charge >= 0.3 is 0 Å². The first-order chi connectivity index (χ1) is 6.88. The molecule has 0 bridgehead atoms. The van der Waals surface area contributed by atoms with Crippen LogP contribution < -0.4 is 0 Å². The molecule has 0 amide bonds. The molecule has 1 atom stereocenters. The van der Waals surface area contributed by atoms with Gasteiger partial charge in [-0.3, -0.25) is 0 Å². The first kappa shape index (κ1) is 8.49. The molecule has 3 rings (SSSR count). The molecule has 0 radical (unpaired) electrons. The average Bonchev–Trinajstić information content (AvgIpc) is 2.64. The Kier molecular flexibility index (Phi) is 1.88. The lowest BCUT2D eigenvalue weighted by atomic mass is 9.83. The Hall–Kier alpha value is -0.820. The van der Waals surface area contributed by atoms with E-state index < -0.39 is 0 Å². The van der Waals surface area contributed by atoms with E-state index in [1.165, 1.54) is 43.2 Å². The van der Waals surface area contributed by atoms with Crippen LogP contribution in [0.25, 0.3) is 0 Å². The number of benzene rings is 1. The minimum atomic E-state index is 0.199. The van der Waals surface area contributed by atoms with Gasteiger partial charge in [0.1, 0.15) is 0 Å².